The van der Waals surface area contributed by atoms with Gasteiger partial charge in [-0.05, 0) is 59.9 Å². The fourth-order valence-electron chi connectivity index (χ4n) is 2.00. The Bertz CT molecular complexity index is 368. The number of hydrogen-bond donors (Lipinski definition) is 1. The van der Waals surface area contributed by atoms with Gasteiger partial charge in [0, 0.05) is 6.04 Å². The number of benzene rings is 1. The maximum atomic E-state index is 5.54. The van der Waals surface area contributed by atoms with Crippen LogP contribution in [0.3, 0.4) is 0 Å². The van der Waals surface area contributed by atoms with Gasteiger partial charge in [-0.15, -0.1) is 0 Å². The molecule has 102 valence electrons. The molecule has 0 bridgehead atoms. The van der Waals surface area contributed by atoms with Crippen LogP contribution in [0, 0.1) is 5.92 Å². The molecular weight excluding hydrogens is 290 g/mol. The van der Waals surface area contributed by atoms with Crippen molar-refractivity contribution in [1.82, 2.24) is 5.32 Å². The Morgan fingerprint density at radius 2 is 2.06 bits per heavy atom. The average molecular weight is 314 g/mol. The third-order valence-corrected chi connectivity index (χ3v) is 3.96. The topological polar surface area (TPSA) is 21.3 Å². The van der Waals surface area contributed by atoms with Crippen molar-refractivity contribution in [2.24, 2.45) is 5.92 Å². The van der Waals surface area contributed by atoms with E-state index in [1.165, 1.54) is 12.0 Å². The Kier molecular flexibility index (Phi) is 6.72. The number of nitrogens with one attached hydrogen (secondary N) is 1. The monoisotopic (exact) mass is 313 g/mol. The minimum absolute atomic E-state index is 0.409. The summed E-state index contributed by atoms with van der Waals surface area (Å²) in [4.78, 5) is 0. The van der Waals surface area contributed by atoms with E-state index in [0.29, 0.717) is 12.6 Å². The van der Waals surface area contributed by atoms with Crippen molar-refractivity contribution in [3.05, 3.63) is 28.2 Å². The first-order chi connectivity index (χ1) is 8.62. The van der Waals surface area contributed by atoms with E-state index >= 15 is 0 Å². The number of rotatable bonds is 7. The highest BCUT2D eigenvalue weighted by Gasteiger charge is 2.14. The molecule has 2 unspecified atom stereocenters. The molecule has 18 heavy (non-hydrogen) atoms. The molecule has 0 radical (unpaired) electrons. The largest absolute Gasteiger partial charge is 0.493 e. The lowest BCUT2D eigenvalue weighted by atomic mass is 9.94. The number of hydrogen-bond acceptors (Lipinski definition) is 2. The fourth-order valence-corrected chi connectivity index (χ4v) is 2.51. The molecule has 2 atom stereocenters. The van der Waals surface area contributed by atoms with E-state index in [1.807, 2.05) is 20.0 Å². The molecule has 0 saturated carbocycles. The molecule has 0 spiro atoms. The molecule has 0 aliphatic heterocycles. The summed E-state index contributed by atoms with van der Waals surface area (Å²) in [5.41, 5.74) is 1.31. The van der Waals surface area contributed by atoms with Gasteiger partial charge in [0.1, 0.15) is 5.75 Å². The van der Waals surface area contributed by atoms with Gasteiger partial charge in [-0.2, -0.15) is 0 Å². The molecule has 0 heterocycles. The van der Waals surface area contributed by atoms with Crippen LogP contribution < -0.4 is 10.1 Å². The molecule has 0 aromatic heterocycles. The van der Waals surface area contributed by atoms with Gasteiger partial charge in [0.05, 0.1) is 11.1 Å². The van der Waals surface area contributed by atoms with Gasteiger partial charge in [-0.1, -0.05) is 26.3 Å². The van der Waals surface area contributed by atoms with E-state index in [4.69, 9.17) is 4.74 Å². The number of halogens is 1. The predicted octanol–water partition coefficient (Wildman–Crippen LogP) is 4.54. The Labute approximate surface area is 119 Å². The summed E-state index contributed by atoms with van der Waals surface area (Å²) in [6.45, 7) is 7.24. The van der Waals surface area contributed by atoms with Gasteiger partial charge >= 0.3 is 0 Å². The molecule has 0 fully saturated rings. The van der Waals surface area contributed by atoms with Crippen molar-refractivity contribution in [2.45, 2.75) is 39.7 Å². The summed E-state index contributed by atoms with van der Waals surface area (Å²) < 4.78 is 6.57. The first-order valence-electron chi connectivity index (χ1n) is 6.71. The molecule has 0 aliphatic carbocycles. The van der Waals surface area contributed by atoms with E-state index in [9.17, 15) is 0 Å². The minimum Gasteiger partial charge on any atom is -0.493 e. The van der Waals surface area contributed by atoms with E-state index in [2.05, 4.69) is 47.2 Å². The fraction of sp³-hybridized carbons (Fsp3) is 0.600. The van der Waals surface area contributed by atoms with Crippen LogP contribution in [0.5, 0.6) is 5.75 Å². The standard InChI is InChI=1S/C15H24BrNO/c1-5-11(3)9-14(17-4)12-7-8-15(18-6-2)13(16)10-12/h7-8,10-11,14,17H,5-6,9H2,1-4H3. The van der Waals surface area contributed by atoms with Crippen LogP contribution in [-0.4, -0.2) is 13.7 Å². The lowest BCUT2D eigenvalue weighted by Crippen LogP contribution is -2.19. The molecule has 1 rings (SSSR count). The van der Waals surface area contributed by atoms with Crippen LogP contribution in [0.1, 0.15) is 45.2 Å². The normalized spacial score (nSPS) is 14.3. The third kappa shape index (κ3) is 4.29. The van der Waals surface area contributed by atoms with Crippen LogP contribution >= 0.6 is 15.9 Å². The lowest BCUT2D eigenvalue weighted by molar-refractivity contribution is 0.337. The van der Waals surface area contributed by atoms with Gasteiger partial charge in [0.2, 0.25) is 0 Å². The SMILES string of the molecule is CCOc1ccc(C(CC(C)CC)NC)cc1Br. The summed E-state index contributed by atoms with van der Waals surface area (Å²) in [6.07, 6.45) is 2.38. The Morgan fingerprint density at radius 3 is 2.56 bits per heavy atom. The summed E-state index contributed by atoms with van der Waals surface area (Å²) in [5, 5.41) is 3.40. The zero-order chi connectivity index (χ0) is 13.5. The first-order valence-corrected chi connectivity index (χ1v) is 7.51. The van der Waals surface area contributed by atoms with E-state index in [1.54, 1.807) is 0 Å². The second-order valence-corrected chi connectivity index (χ2v) is 5.57. The number of ether oxygens (including phenoxy) is 1. The molecular formula is C15H24BrNO. The van der Waals surface area contributed by atoms with E-state index in [-0.39, 0.29) is 0 Å². The smallest absolute Gasteiger partial charge is 0.133 e. The van der Waals surface area contributed by atoms with Crippen molar-refractivity contribution in [3.63, 3.8) is 0 Å². The molecule has 3 heteroatoms. The van der Waals surface area contributed by atoms with E-state index in [0.717, 1.165) is 22.6 Å². The van der Waals surface area contributed by atoms with Crippen LogP contribution in [0.15, 0.2) is 22.7 Å². The Balaban J connectivity index is 2.83. The zero-order valence-corrected chi connectivity index (χ0v) is 13.4. The molecule has 1 aromatic carbocycles. The Morgan fingerprint density at radius 1 is 1.33 bits per heavy atom. The zero-order valence-electron chi connectivity index (χ0n) is 11.8. The highest BCUT2D eigenvalue weighted by molar-refractivity contribution is 9.10. The van der Waals surface area contributed by atoms with Gasteiger partial charge < -0.3 is 10.1 Å². The molecule has 0 aliphatic rings. The molecule has 0 amide bonds. The third-order valence-electron chi connectivity index (χ3n) is 3.34. The van der Waals surface area contributed by atoms with Gasteiger partial charge in [0.25, 0.3) is 0 Å². The Hall–Kier alpha value is -0.540. The van der Waals surface area contributed by atoms with Crippen molar-refractivity contribution in [3.8, 4) is 5.75 Å². The van der Waals surface area contributed by atoms with Crippen LogP contribution in [0.4, 0.5) is 0 Å². The first kappa shape index (κ1) is 15.5. The van der Waals surface area contributed by atoms with Crippen molar-refractivity contribution < 1.29 is 4.74 Å². The van der Waals surface area contributed by atoms with E-state index < -0.39 is 0 Å². The summed E-state index contributed by atoms with van der Waals surface area (Å²) in [7, 11) is 2.03. The van der Waals surface area contributed by atoms with Crippen molar-refractivity contribution in [1.29, 1.82) is 0 Å². The van der Waals surface area contributed by atoms with Crippen molar-refractivity contribution >= 4 is 15.9 Å². The highest BCUT2D eigenvalue weighted by Crippen LogP contribution is 2.30. The minimum atomic E-state index is 0.409. The lowest BCUT2D eigenvalue weighted by Gasteiger charge is -2.21. The summed E-state index contributed by atoms with van der Waals surface area (Å²) >= 11 is 3.58. The van der Waals surface area contributed by atoms with Crippen LogP contribution in [0.2, 0.25) is 0 Å². The molecule has 1 N–H and O–H groups in total. The van der Waals surface area contributed by atoms with Crippen LogP contribution in [-0.2, 0) is 0 Å². The summed E-state index contributed by atoms with van der Waals surface area (Å²) in [6, 6.07) is 6.77. The second-order valence-electron chi connectivity index (χ2n) is 4.71. The average Bonchev–Trinajstić information content (AvgIpc) is 2.38. The van der Waals surface area contributed by atoms with Gasteiger partial charge in [0.15, 0.2) is 0 Å². The van der Waals surface area contributed by atoms with Crippen molar-refractivity contribution in [2.75, 3.05) is 13.7 Å². The summed E-state index contributed by atoms with van der Waals surface area (Å²) in [5.74, 6) is 1.65. The van der Waals surface area contributed by atoms with Gasteiger partial charge in [-0.3, -0.25) is 0 Å². The highest BCUT2D eigenvalue weighted by atomic mass is 79.9. The quantitative estimate of drug-likeness (QED) is 0.797. The predicted molar refractivity (Wildman–Crippen MR) is 81.2 cm³/mol. The molecule has 0 saturated heterocycles. The van der Waals surface area contributed by atoms with Crippen LogP contribution in [0.25, 0.3) is 0 Å². The maximum Gasteiger partial charge on any atom is 0.133 e. The maximum absolute atomic E-state index is 5.54. The van der Waals surface area contributed by atoms with Gasteiger partial charge in [-0.25, -0.2) is 0 Å². The second kappa shape index (κ2) is 7.80. The molecule has 2 nitrogen and oxygen atoms in total. The molecule has 1 aromatic rings.